The highest BCUT2D eigenvalue weighted by atomic mass is 16.5. The van der Waals surface area contributed by atoms with Crippen LogP contribution in [0.25, 0.3) is 21.5 Å². The van der Waals surface area contributed by atoms with Gasteiger partial charge in [0.15, 0.2) is 23.0 Å². The average molecular weight is 406 g/mol. The predicted molar refractivity (Wildman–Crippen MR) is 114 cm³/mol. The number of carbonyl (C=O) groups is 1. The van der Waals surface area contributed by atoms with E-state index in [4.69, 9.17) is 18.9 Å². The molecule has 0 aliphatic carbocycles. The SMILES string of the molecule is COc1cc2cc(C(=O)n3cnc(C)c3)c3cc(OC)c(OC)cc3c2cc1OC. The Balaban J connectivity index is 2.11. The van der Waals surface area contributed by atoms with Gasteiger partial charge in [-0.15, -0.1) is 0 Å². The van der Waals surface area contributed by atoms with Gasteiger partial charge in [0.05, 0.1) is 34.1 Å². The number of methoxy groups -OCH3 is 4. The minimum absolute atomic E-state index is 0.190. The Labute approximate surface area is 173 Å². The highest BCUT2D eigenvalue weighted by Crippen LogP contribution is 2.41. The molecule has 0 spiro atoms. The number of hydrogen-bond acceptors (Lipinski definition) is 6. The molecule has 7 heteroatoms. The first-order chi connectivity index (χ1) is 14.5. The zero-order valence-corrected chi connectivity index (χ0v) is 17.5. The quantitative estimate of drug-likeness (QED) is 0.462. The Morgan fingerprint density at radius 3 is 1.83 bits per heavy atom. The van der Waals surface area contributed by atoms with Crippen molar-refractivity contribution in [2.24, 2.45) is 0 Å². The molecule has 0 N–H and O–H groups in total. The van der Waals surface area contributed by atoms with Gasteiger partial charge in [-0.05, 0) is 58.8 Å². The Morgan fingerprint density at radius 1 is 0.767 bits per heavy atom. The maximum Gasteiger partial charge on any atom is 0.263 e. The summed E-state index contributed by atoms with van der Waals surface area (Å²) in [6.07, 6.45) is 3.22. The van der Waals surface area contributed by atoms with Gasteiger partial charge in [0.1, 0.15) is 6.33 Å². The summed E-state index contributed by atoms with van der Waals surface area (Å²) in [5.41, 5.74) is 1.28. The van der Waals surface area contributed by atoms with Crippen LogP contribution in [-0.4, -0.2) is 43.9 Å². The summed E-state index contributed by atoms with van der Waals surface area (Å²) in [5.74, 6) is 2.11. The molecule has 0 saturated heterocycles. The van der Waals surface area contributed by atoms with Gasteiger partial charge in [0, 0.05) is 11.8 Å². The van der Waals surface area contributed by atoms with E-state index >= 15 is 0 Å². The van der Waals surface area contributed by atoms with Crippen molar-refractivity contribution in [3.63, 3.8) is 0 Å². The lowest BCUT2D eigenvalue weighted by Gasteiger charge is -2.16. The summed E-state index contributed by atoms with van der Waals surface area (Å²) in [5, 5.41) is 3.32. The van der Waals surface area contributed by atoms with Crippen LogP contribution in [0.15, 0.2) is 42.9 Å². The molecule has 4 aromatic rings. The Bertz CT molecular complexity index is 1280. The van der Waals surface area contributed by atoms with Crippen molar-refractivity contribution in [1.82, 2.24) is 9.55 Å². The monoisotopic (exact) mass is 406 g/mol. The molecule has 30 heavy (non-hydrogen) atoms. The smallest absolute Gasteiger partial charge is 0.263 e. The van der Waals surface area contributed by atoms with Crippen LogP contribution in [0, 0.1) is 6.92 Å². The lowest BCUT2D eigenvalue weighted by molar-refractivity contribution is 0.0961. The Hall–Kier alpha value is -3.74. The van der Waals surface area contributed by atoms with E-state index in [1.807, 2.05) is 37.3 Å². The van der Waals surface area contributed by atoms with Crippen molar-refractivity contribution in [3.05, 3.63) is 54.1 Å². The molecule has 0 aliphatic heterocycles. The van der Waals surface area contributed by atoms with Crippen molar-refractivity contribution >= 4 is 27.5 Å². The second-order valence-electron chi connectivity index (χ2n) is 6.83. The van der Waals surface area contributed by atoms with E-state index in [0.29, 0.717) is 28.6 Å². The number of carbonyl (C=O) groups excluding carboxylic acids is 1. The molecule has 3 aromatic carbocycles. The third-order valence-electron chi connectivity index (χ3n) is 5.14. The molecule has 4 rings (SSSR count). The molecular formula is C23H22N2O5. The van der Waals surface area contributed by atoms with Gasteiger partial charge >= 0.3 is 0 Å². The van der Waals surface area contributed by atoms with E-state index in [0.717, 1.165) is 27.2 Å². The zero-order valence-electron chi connectivity index (χ0n) is 17.5. The maximum absolute atomic E-state index is 13.3. The van der Waals surface area contributed by atoms with E-state index in [1.165, 1.54) is 10.9 Å². The number of ether oxygens (including phenoxy) is 4. The summed E-state index contributed by atoms with van der Waals surface area (Å²) in [7, 11) is 6.33. The van der Waals surface area contributed by atoms with Crippen LogP contribution in [0.3, 0.4) is 0 Å². The highest BCUT2D eigenvalue weighted by molar-refractivity contribution is 6.18. The Morgan fingerprint density at radius 2 is 1.30 bits per heavy atom. The van der Waals surface area contributed by atoms with E-state index in [9.17, 15) is 4.79 Å². The fourth-order valence-electron chi connectivity index (χ4n) is 3.65. The van der Waals surface area contributed by atoms with E-state index in [2.05, 4.69) is 4.98 Å². The number of nitrogens with zero attached hydrogens (tertiary/aromatic N) is 2. The van der Waals surface area contributed by atoms with Crippen LogP contribution in [0.5, 0.6) is 23.0 Å². The summed E-state index contributed by atoms with van der Waals surface area (Å²) < 4.78 is 23.4. The average Bonchev–Trinajstić information content (AvgIpc) is 3.22. The summed E-state index contributed by atoms with van der Waals surface area (Å²) in [6.45, 7) is 1.84. The van der Waals surface area contributed by atoms with Gasteiger partial charge in [0.2, 0.25) is 0 Å². The third-order valence-corrected chi connectivity index (χ3v) is 5.14. The summed E-state index contributed by atoms with van der Waals surface area (Å²) >= 11 is 0. The molecule has 0 amide bonds. The van der Waals surface area contributed by atoms with Gasteiger partial charge in [-0.2, -0.15) is 0 Å². The minimum atomic E-state index is -0.190. The van der Waals surface area contributed by atoms with Crippen molar-refractivity contribution in [1.29, 1.82) is 0 Å². The number of imidazole rings is 1. The van der Waals surface area contributed by atoms with Crippen LogP contribution in [0.2, 0.25) is 0 Å². The number of hydrogen-bond donors (Lipinski definition) is 0. The second-order valence-corrected chi connectivity index (χ2v) is 6.83. The lowest BCUT2D eigenvalue weighted by Crippen LogP contribution is -2.11. The molecule has 1 heterocycles. The number of fused-ring (bicyclic) bond motifs is 3. The molecule has 0 bridgehead atoms. The lowest BCUT2D eigenvalue weighted by atomic mass is 9.95. The molecule has 0 saturated carbocycles. The molecule has 0 unspecified atom stereocenters. The Kier molecular flexibility index (Phi) is 4.95. The van der Waals surface area contributed by atoms with Gasteiger partial charge in [-0.1, -0.05) is 0 Å². The number of rotatable bonds is 5. The van der Waals surface area contributed by atoms with E-state index < -0.39 is 0 Å². The van der Waals surface area contributed by atoms with Crippen molar-refractivity contribution in [3.8, 4) is 23.0 Å². The largest absolute Gasteiger partial charge is 0.493 e. The molecule has 154 valence electrons. The molecular weight excluding hydrogens is 384 g/mol. The predicted octanol–water partition coefficient (Wildman–Crippen LogP) is 4.22. The highest BCUT2D eigenvalue weighted by Gasteiger charge is 2.19. The fourth-order valence-corrected chi connectivity index (χ4v) is 3.65. The van der Waals surface area contributed by atoms with Crippen molar-refractivity contribution in [2.75, 3.05) is 28.4 Å². The van der Waals surface area contributed by atoms with Crippen molar-refractivity contribution < 1.29 is 23.7 Å². The fraction of sp³-hybridized carbons (Fsp3) is 0.217. The number of aromatic nitrogens is 2. The first-order valence-corrected chi connectivity index (χ1v) is 9.30. The standard InChI is InChI=1S/C23H22N2O5/c1-13-11-25(12-24-13)23(26)18-6-14-7-19(27-2)20(28-3)8-15(14)16-9-21(29-4)22(30-5)10-17(16)18/h6-12H,1-5H3. The van der Waals surface area contributed by atoms with Crippen molar-refractivity contribution in [2.45, 2.75) is 6.92 Å². The van der Waals surface area contributed by atoms with Gasteiger partial charge < -0.3 is 18.9 Å². The second kappa shape index (κ2) is 7.59. The normalized spacial score (nSPS) is 11.0. The topological polar surface area (TPSA) is 71.8 Å². The first-order valence-electron chi connectivity index (χ1n) is 9.30. The first kappa shape index (κ1) is 19.6. The van der Waals surface area contributed by atoms with Gasteiger partial charge in [0.25, 0.3) is 5.91 Å². The van der Waals surface area contributed by atoms with Gasteiger partial charge in [-0.25, -0.2) is 4.98 Å². The van der Waals surface area contributed by atoms with Gasteiger partial charge in [-0.3, -0.25) is 9.36 Å². The summed E-state index contributed by atoms with van der Waals surface area (Å²) in [4.78, 5) is 17.5. The third kappa shape index (κ3) is 3.08. The summed E-state index contributed by atoms with van der Waals surface area (Å²) in [6, 6.07) is 9.31. The molecule has 0 fully saturated rings. The number of aryl methyl sites for hydroxylation is 1. The van der Waals surface area contributed by atoms with E-state index in [1.54, 1.807) is 34.6 Å². The minimum Gasteiger partial charge on any atom is -0.493 e. The molecule has 7 nitrogen and oxygen atoms in total. The van der Waals surface area contributed by atoms with Crippen LogP contribution >= 0.6 is 0 Å². The van der Waals surface area contributed by atoms with Crippen LogP contribution in [0.4, 0.5) is 0 Å². The van der Waals surface area contributed by atoms with Crippen LogP contribution in [-0.2, 0) is 0 Å². The molecule has 0 atom stereocenters. The van der Waals surface area contributed by atoms with E-state index in [-0.39, 0.29) is 5.91 Å². The zero-order chi connectivity index (χ0) is 21.4. The molecule has 1 aromatic heterocycles. The molecule has 0 radical (unpaired) electrons. The van der Waals surface area contributed by atoms with Crippen LogP contribution in [0.1, 0.15) is 16.1 Å². The maximum atomic E-state index is 13.3. The molecule has 0 aliphatic rings. The van der Waals surface area contributed by atoms with Crippen LogP contribution < -0.4 is 18.9 Å². The number of benzene rings is 3.